The fourth-order valence-corrected chi connectivity index (χ4v) is 3.89. The summed E-state index contributed by atoms with van der Waals surface area (Å²) in [5, 5.41) is 2.62. The van der Waals surface area contributed by atoms with Gasteiger partial charge in [-0.05, 0) is 18.4 Å². The van der Waals surface area contributed by atoms with Crippen LogP contribution in [0.2, 0.25) is 0 Å². The molecule has 29 heavy (non-hydrogen) atoms. The Morgan fingerprint density at radius 3 is 2.48 bits per heavy atom. The average molecular weight is 426 g/mol. The molecule has 1 aliphatic heterocycles. The van der Waals surface area contributed by atoms with Gasteiger partial charge < -0.3 is 14.8 Å². The molecular weight excluding hydrogens is 405 g/mol. The highest BCUT2D eigenvalue weighted by atomic mass is 32.2. The summed E-state index contributed by atoms with van der Waals surface area (Å²) in [7, 11) is 0. The van der Waals surface area contributed by atoms with Crippen molar-refractivity contribution in [2.24, 2.45) is 0 Å². The van der Waals surface area contributed by atoms with E-state index in [9.17, 15) is 22.8 Å². The molecule has 1 N–H and O–H groups in total. The van der Waals surface area contributed by atoms with Gasteiger partial charge in [0.05, 0.1) is 24.2 Å². The van der Waals surface area contributed by atoms with E-state index in [1.54, 1.807) is 35.2 Å². The number of halogens is 3. The molecule has 2 amide bonds. The molecule has 156 valence electrons. The molecule has 1 saturated heterocycles. The Bertz CT molecular complexity index is 849. The molecular formula is C19H21F3N4O2S. The second-order valence-corrected chi connectivity index (χ2v) is 7.59. The number of alkyl halides is 3. The smallest absolute Gasteiger partial charge is 0.346 e. The molecule has 0 spiro atoms. The van der Waals surface area contributed by atoms with Crippen LogP contribution >= 0.6 is 11.8 Å². The SMILES string of the molecule is O=C(CSc1ncc(-c2ccccc2)n1CC(F)(F)F)NCC(=O)N1CCCC1. The molecule has 0 unspecified atom stereocenters. The van der Waals surface area contributed by atoms with Gasteiger partial charge in [0.1, 0.15) is 6.54 Å². The van der Waals surface area contributed by atoms with Crippen LogP contribution in [0.3, 0.4) is 0 Å². The Kier molecular flexibility index (Phi) is 6.83. The fraction of sp³-hybridized carbons (Fsp3) is 0.421. The second-order valence-electron chi connectivity index (χ2n) is 6.65. The van der Waals surface area contributed by atoms with E-state index in [0.717, 1.165) is 29.2 Å². The second kappa shape index (κ2) is 9.34. The molecule has 0 aliphatic carbocycles. The molecule has 1 aliphatic rings. The largest absolute Gasteiger partial charge is 0.406 e. The summed E-state index contributed by atoms with van der Waals surface area (Å²) in [5.74, 6) is -0.702. The van der Waals surface area contributed by atoms with Crippen molar-refractivity contribution < 1.29 is 22.8 Å². The van der Waals surface area contributed by atoms with Crippen molar-refractivity contribution in [1.82, 2.24) is 19.8 Å². The van der Waals surface area contributed by atoms with Gasteiger partial charge in [-0.25, -0.2) is 4.98 Å². The van der Waals surface area contributed by atoms with Crippen molar-refractivity contribution in [2.75, 3.05) is 25.4 Å². The number of hydrogen-bond acceptors (Lipinski definition) is 4. The summed E-state index contributed by atoms with van der Waals surface area (Å²) in [6, 6.07) is 8.65. The maximum Gasteiger partial charge on any atom is 0.406 e. The summed E-state index contributed by atoms with van der Waals surface area (Å²) < 4.78 is 40.3. The third kappa shape index (κ3) is 5.99. The van der Waals surface area contributed by atoms with Crippen LogP contribution in [0, 0.1) is 0 Å². The number of nitrogens with zero attached hydrogens (tertiary/aromatic N) is 3. The number of imidazole rings is 1. The molecule has 1 aromatic heterocycles. The topological polar surface area (TPSA) is 67.2 Å². The van der Waals surface area contributed by atoms with E-state index in [0.29, 0.717) is 24.3 Å². The van der Waals surface area contributed by atoms with Crippen LogP contribution in [0.5, 0.6) is 0 Å². The molecule has 3 rings (SSSR count). The molecule has 6 nitrogen and oxygen atoms in total. The first kappa shape index (κ1) is 21.2. The minimum atomic E-state index is -4.43. The standard InChI is InChI=1S/C19H21F3N4O2S/c20-19(21,22)13-26-15(14-6-2-1-3-7-14)10-24-18(26)29-12-16(27)23-11-17(28)25-8-4-5-9-25/h1-3,6-7,10H,4-5,8-9,11-13H2,(H,23,27). The minimum Gasteiger partial charge on any atom is -0.346 e. The zero-order valence-electron chi connectivity index (χ0n) is 15.6. The Balaban J connectivity index is 1.63. The van der Waals surface area contributed by atoms with E-state index >= 15 is 0 Å². The average Bonchev–Trinajstić information content (AvgIpc) is 3.34. The van der Waals surface area contributed by atoms with Crippen molar-refractivity contribution in [3.8, 4) is 11.3 Å². The minimum absolute atomic E-state index is 0.0993. The van der Waals surface area contributed by atoms with Gasteiger partial charge in [-0.15, -0.1) is 0 Å². The van der Waals surface area contributed by atoms with Crippen LogP contribution in [0.1, 0.15) is 12.8 Å². The zero-order valence-corrected chi connectivity index (χ0v) is 16.4. The highest BCUT2D eigenvalue weighted by molar-refractivity contribution is 7.99. The summed E-state index contributed by atoms with van der Waals surface area (Å²) >= 11 is 0.910. The number of nitrogens with one attached hydrogen (secondary N) is 1. The van der Waals surface area contributed by atoms with Gasteiger partial charge in [0.15, 0.2) is 5.16 Å². The third-order valence-electron chi connectivity index (χ3n) is 4.45. The van der Waals surface area contributed by atoms with Gasteiger partial charge in [-0.1, -0.05) is 42.1 Å². The first-order valence-corrected chi connectivity index (χ1v) is 10.2. The number of carbonyl (C=O) groups excluding carboxylic acids is 2. The predicted molar refractivity (Wildman–Crippen MR) is 103 cm³/mol. The number of thioether (sulfide) groups is 1. The lowest BCUT2D eigenvalue weighted by molar-refractivity contribution is -0.141. The number of amides is 2. The molecule has 0 atom stereocenters. The summed E-state index contributed by atoms with van der Waals surface area (Å²) in [5.41, 5.74) is 0.937. The van der Waals surface area contributed by atoms with Gasteiger partial charge in [-0.3, -0.25) is 9.59 Å². The van der Waals surface area contributed by atoms with Crippen molar-refractivity contribution >= 4 is 23.6 Å². The van der Waals surface area contributed by atoms with Gasteiger partial charge >= 0.3 is 6.18 Å². The van der Waals surface area contributed by atoms with Crippen LogP contribution in [0.4, 0.5) is 13.2 Å². The van der Waals surface area contributed by atoms with Gasteiger partial charge in [0, 0.05) is 13.1 Å². The van der Waals surface area contributed by atoms with Crippen LogP contribution < -0.4 is 5.32 Å². The number of rotatable bonds is 7. The highest BCUT2D eigenvalue weighted by Gasteiger charge is 2.31. The molecule has 1 aromatic carbocycles. The van der Waals surface area contributed by atoms with E-state index in [-0.39, 0.29) is 23.4 Å². The normalized spacial score (nSPS) is 14.2. The molecule has 2 aromatic rings. The quantitative estimate of drug-likeness (QED) is 0.692. The number of aromatic nitrogens is 2. The summed E-state index contributed by atoms with van der Waals surface area (Å²) in [4.78, 5) is 29.8. The van der Waals surface area contributed by atoms with Gasteiger partial charge in [0.25, 0.3) is 0 Å². The Morgan fingerprint density at radius 2 is 1.83 bits per heavy atom. The van der Waals surface area contributed by atoms with Gasteiger partial charge in [0.2, 0.25) is 11.8 Å². The first-order chi connectivity index (χ1) is 13.8. The third-order valence-corrected chi connectivity index (χ3v) is 5.44. The fourth-order valence-electron chi connectivity index (χ4n) is 3.08. The van der Waals surface area contributed by atoms with E-state index in [1.165, 1.54) is 6.20 Å². The number of hydrogen-bond donors (Lipinski definition) is 1. The number of likely N-dealkylation sites (tertiary alicyclic amines) is 1. The monoisotopic (exact) mass is 426 g/mol. The molecule has 0 saturated carbocycles. The molecule has 2 heterocycles. The van der Waals surface area contributed by atoms with Gasteiger partial charge in [-0.2, -0.15) is 13.2 Å². The number of carbonyl (C=O) groups is 2. The lowest BCUT2D eigenvalue weighted by atomic mass is 10.2. The molecule has 10 heteroatoms. The van der Waals surface area contributed by atoms with Crippen molar-refractivity contribution in [1.29, 1.82) is 0 Å². The summed E-state index contributed by atoms with van der Waals surface area (Å²) in [6.45, 7) is 0.0848. The maximum atomic E-state index is 13.1. The van der Waals surface area contributed by atoms with E-state index in [2.05, 4.69) is 10.3 Å². The van der Waals surface area contributed by atoms with Crippen molar-refractivity contribution in [3.63, 3.8) is 0 Å². The molecule has 0 radical (unpaired) electrons. The van der Waals surface area contributed by atoms with Crippen LogP contribution in [-0.2, 0) is 16.1 Å². The summed E-state index contributed by atoms with van der Waals surface area (Å²) in [6.07, 6.45) is -1.13. The van der Waals surface area contributed by atoms with Crippen molar-refractivity contribution in [3.05, 3.63) is 36.5 Å². The zero-order chi connectivity index (χ0) is 20.9. The molecule has 0 bridgehead atoms. The van der Waals surface area contributed by atoms with E-state index in [1.807, 2.05) is 0 Å². The molecule has 1 fully saturated rings. The van der Waals surface area contributed by atoms with Crippen molar-refractivity contribution in [2.45, 2.75) is 30.7 Å². The van der Waals surface area contributed by atoms with E-state index in [4.69, 9.17) is 0 Å². The van der Waals surface area contributed by atoms with Crippen LogP contribution in [-0.4, -0.2) is 57.8 Å². The maximum absolute atomic E-state index is 13.1. The Labute approximate surface area is 170 Å². The first-order valence-electron chi connectivity index (χ1n) is 9.18. The van der Waals surface area contributed by atoms with Crippen LogP contribution in [0.15, 0.2) is 41.7 Å². The number of benzene rings is 1. The van der Waals surface area contributed by atoms with Crippen LogP contribution in [0.25, 0.3) is 11.3 Å². The predicted octanol–water partition coefficient (Wildman–Crippen LogP) is 2.94. The van der Waals surface area contributed by atoms with E-state index < -0.39 is 18.6 Å². The lowest BCUT2D eigenvalue weighted by Gasteiger charge is -2.16. The Hall–Kier alpha value is -2.49. The lowest BCUT2D eigenvalue weighted by Crippen LogP contribution is -2.39. The Morgan fingerprint density at radius 1 is 1.14 bits per heavy atom. The highest BCUT2D eigenvalue weighted by Crippen LogP contribution is 2.29.